The Balaban J connectivity index is 2.41. The van der Waals surface area contributed by atoms with Crippen LogP contribution in [0.15, 0.2) is 0 Å². The van der Waals surface area contributed by atoms with Gasteiger partial charge in [0.05, 0.1) is 17.9 Å². The SMILES string of the molecule is Cc1[nH]nc(C(=O)NCCOC(N)=O)c1N. The van der Waals surface area contributed by atoms with Crippen LogP contribution in [0, 0.1) is 6.92 Å². The Morgan fingerprint density at radius 1 is 1.56 bits per heavy atom. The minimum Gasteiger partial charge on any atom is -0.448 e. The van der Waals surface area contributed by atoms with Gasteiger partial charge < -0.3 is 21.5 Å². The average molecular weight is 227 g/mol. The molecule has 0 aliphatic rings. The molecule has 8 heteroatoms. The van der Waals surface area contributed by atoms with Crippen molar-refractivity contribution < 1.29 is 14.3 Å². The Morgan fingerprint density at radius 2 is 2.25 bits per heavy atom. The molecule has 0 fully saturated rings. The summed E-state index contributed by atoms with van der Waals surface area (Å²) in [5.41, 5.74) is 11.4. The van der Waals surface area contributed by atoms with E-state index in [4.69, 9.17) is 11.5 Å². The number of rotatable bonds is 4. The number of carbonyl (C=O) groups excluding carboxylic acids is 2. The Kier molecular flexibility index (Phi) is 3.70. The normalized spacial score (nSPS) is 9.81. The molecule has 16 heavy (non-hydrogen) atoms. The van der Waals surface area contributed by atoms with Gasteiger partial charge in [-0.15, -0.1) is 0 Å². The highest BCUT2D eigenvalue weighted by Gasteiger charge is 2.14. The van der Waals surface area contributed by atoms with Gasteiger partial charge in [-0.3, -0.25) is 9.89 Å². The molecular formula is C8H13N5O3. The molecule has 0 aliphatic heterocycles. The van der Waals surface area contributed by atoms with Crippen molar-refractivity contribution in [2.45, 2.75) is 6.92 Å². The third-order valence-corrected chi connectivity index (χ3v) is 1.84. The zero-order chi connectivity index (χ0) is 12.1. The zero-order valence-electron chi connectivity index (χ0n) is 8.74. The minimum atomic E-state index is -0.885. The van der Waals surface area contributed by atoms with Crippen LogP contribution in [0.3, 0.4) is 0 Å². The highest BCUT2D eigenvalue weighted by Crippen LogP contribution is 2.11. The maximum absolute atomic E-state index is 11.5. The molecule has 88 valence electrons. The smallest absolute Gasteiger partial charge is 0.404 e. The summed E-state index contributed by atoms with van der Waals surface area (Å²) in [7, 11) is 0. The van der Waals surface area contributed by atoms with Crippen molar-refractivity contribution in [2.24, 2.45) is 5.73 Å². The van der Waals surface area contributed by atoms with E-state index < -0.39 is 12.0 Å². The van der Waals surface area contributed by atoms with Gasteiger partial charge in [0.25, 0.3) is 5.91 Å². The van der Waals surface area contributed by atoms with Gasteiger partial charge in [-0.05, 0) is 6.92 Å². The summed E-state index contributed by atoms with van der Waals surface area (Å²) in [6, 6.07) is 0. The molecule has 0 saturated heterocycles. The number of hydrogen-bond donors (Lipinski definition) is 4. The number of nitrogens with zero attached hydrogens (tertiary/aromatic N) is 1. The molecule has 1 aromatic rings. The number of aryl methyl sites for hydroxylation is 1. The van der Waals surface area contributed by atoms with Crippen molar-refractivity contribution in [1.82, 2.24) is 15.5 Å². The summed E-state index contributed by atoms with van der Waals surface area (Å²) < 4.78 is 4.43. The van der Waals surface area contributed by atoms with Gasteiger partial charge in [-0.25, -0.2) is 4.79 Å². The molecule has 1 aromatic heterocycles. The van der Waals surface area contributed by atoms with Crippen molar-refractivity contribution in [3.63, 3.8) is 0 Å². The van der Waals surface area contributed by atoms with Gasteiger partial charge in [-0.1, -0.05) is 0 Å². The van der Waals surface area contributed by atoms with Gasteiger partial charge in [0, 0.05) is 0 Å². The minimum absolute atomic E-state index is 0.00435. The standard InChI is InChI=1S/C8H13N5O3/c1-4-5(9)6(13-12-4)7(14)11-2-3-16-8(10)15/h2-3,9H2,1H3,(H2,10,15)(H,11,14)(H,12,13). The van der Waals surface area contributed by atoms with Crippen LogP contribution in [-0.2, 0) is 4.74 Å². The molecule has 0 radical (unpaired) electrons. The first kappa shape index (κ1) is 11.8. The third kappa shape index (κ3) is 2.87. The van der Waals surface area contributed by atoms with E-state index in [0.717, 1.165) is 0 Å². The van der Waals surface area contributed by atoms with E-state index in [-0.39, 0.29) is 18.8 Å². The van der Waals surface area contributed by atoms with E-state index in [1.165, 1.54) is 0 Å². The fourth-order valence-corrected chi connectivity index (χ4v) is 1.01. The number of primary amides is 1. The van der Waals surface area contributed by atoms with Gasteiger partial charge >= 0.3 is 6.09 Å². The lowest BCUT2D eigenvalue weighted by Gasteiger charge is -2.03. The van der Waals surface area contributed by atoms with Crippen molar-refractivity contribution in [1.29, 1.82) is 0 Å². The highest BCUT2D eigenvalue weighted by molar-refractivity contribution is 5.97. The van der Waals surface area contributed by atoms with Crippen LogP contribution in [0.2, 0.25) is 0 Å². The molecule has 0 bridgehead atoms. The summed E-state index contributed by atoms with van der Waals surface area (Å²) >= 11 is 0. The molecule has 1 rings (SSSR count). The summed E-state index contributed by atoms with van der Waals surface area (Å²) in [6.45, 7) is 1.85. The molecule has 0 aromatic carbocycles. The number of anilines is 1. The average Bonchev–Trinajstić information content (AvgIpc) is 2.54. The van der Waals surface area contributed by atoms with Crippen LogP contribution in [0.1, 0.15) is 16.2 Å². The highest BCUT2D eigenvalue weighted by atomic mass is 16.5. The van der Waals surface area contributed by atoms with Crippen LogP contribution in [0.25, 0.3) is 0 Å². The Morgan fingerprint density at radius 3 is 2.75 bits per heavy atom. The third-order valence-electron chi connectivity index (χ3n) is 1.84. The molecule has 0 atom stereocenters. The number of nitrogens with one attached hydrogen (secondary N) is 2. The number of ether oxygens (including phenoxy) is 1. The second-order valence-corrected chi connectivity index (χ2v) is 3.03. The van der Waals surface area contributed by atoms with Crippen LogP contribution in [-0.4, -0.2) is 35.3 Å². The first-order chi connectivity index (χ1) is 7.52. The van der Waals surface area contributed by atoms with Crippen molar-refractivity contribution >= 4 is 17.7 Å². The Bertz CT molecular complexity index is 400. The second kappa shape index (κ2) is 5.01. The fourth-order valence-electron chi connectivity index (χ4n) is 1.01. The second-order valence-electron chi connectivity index (χ2n) is 3.03. The summed E-state index contributed by atoms with van der Waals surface area (Å²) in [5.74, 6) is -0.435. The Hall–Kier alpha value is -2.25. The maximum Gasteiger partial charge on any atom is 0.404 e. The largest absolute Gasteiger partial charge is 0.448 e. The first-order valence-electron chi connectivity index (χ1n) is 4.53. The molecule has 0 aliphatic carbocycles. The summed E-state index contributed by atoms with van der Waals surface area (Å²) in [5, 5.41) is 8.79. The quantitative estimate of drug-likeness (QED) is 0.495. The molecule has 2 amide bonds. The number of H-pyrrole nitrogens is 1. The zero-order valence-corrected chi connectivity index (χ0v) is 8.74. The number of carbonyl (C=O) groups is 2. The van der Waals surface area contributed by atoms with E-state index in [0.29, 0.717) is 11.4 Å². The van der Waals surface area contributed by atoms with Crippen molar-refractivity contribution in [3.8, 4) is 0 Å². The number of aromatic amines is 1. The van der Waals surface area contributed by atoms with E-state index in [9.17, 15) is 9.59 Å². The van der Waals surface area contributed by atoms with Gasteiger partial charge in [0.2, 0.25) is 0 Å². The molecular weight excluding hydrogens is 214 g/mol. The fraction of sp³-hybridized carbons (Fsp3) is 0.375. The van der Waals surface area contributed by atoms with Crippen molar-refractivity contribution in [3.05, 3.63) is 11.4 Å². The molecule has 6 N–H and O–H groups in total. The van der Waals surface area contributed by atoms with E-state index in [1.54, 1.807) is 6.92 Å². The number of amides is 2. The van der Waals surface area contributed by atoms with Crippen LogP contribution in [0.4, 0.5) is 10.5 Å². The maximum atomic E-state index is 11.5. The van der Waals surface area contributed by atoms with Crippen LogP contribution >= 0.6 is 0 Å². The molecule has 0 unspecified atom stereocenters. The predicted molar refractivity (Wildman–Crippen MR) is 55.6 cm³/mol. The predicted octanol–water partition coefficient (Wildman–Crippen LogP) is -0.875. The lowest BCUT2D eigenvalue weighted by molar-refractivity contribution is 0.0932. The lowest BCUT2D eigenvalue weighted by atomic mass is 10.3. The molecule has 1 heterocycles. The lowest BCUT2D eigenvalue weighted by Crippen LogP contribution is -2.29. The Labute approximate surface area is 91.3 Å². The van der Waals surface area contributed by atoms with E-state index in [1.807, 2.05) is 0 Å². The summed E-state index contributed by atoms with van der Waals surface area (Å²) in [6.07, 6.45) is -0.885. The number of nitrogen functional groups attached to an aromatic ring is 1. The topological polar surface area (TPSA) is 136 Å². The number of nitrogens with two attached hydrogens (primary N) is 2. The molecule has 0 spiro atoms. The summed E-state index contributed by atoms with van der Waals surface area (Å²) in [4.78, 5) is 21.7. The van der Waals surface area contributed by atoms with E-state index >= 15 is 0 Å². The number of aromatic nitrogens is 2. The van der Waals surface area contributed by atoms with Crippen LogP contribution < -0.4 is 16.8 Å². The molecule has 0 saturated carbocycles. The monoisotopic (exact) mass is 227 g/mol. The van der Waals surface area contributed by atoms with E-state index in [2.05, 4.69) is 20.3 Å². The van der Waals surface area contributed by atoms with Gasteiger partial charge in [0.1, 0.15) is 6.61 Å². The van der Waals surface area contributed by atoms with Crippen LogP contribution in [0.5, 0.6) is 0 Å². The molecule has 8 nitrogen and oxygen atoms in total. The van der Waals surface area contributed by atoms with Gasteiger partial charge in [0.15, 0.2) is 5.69 Å². The van der Waals surface area contributed by atoms with Gasteiger partial charge in [-0.2, -0.15) is 5.10 Å². The van der Waals surface area contributed by atoms with Crippen molar-refractivity contribution in [2.75, 3.05) is 18.9 Å². The first-order valence-corrected chi connectivity index (χ1v) is 4.53. The number of hydrogen-bond acceptors (Lipinski definition) is 5.